The SMILES string of the molecule is CC(=O)OCC1=CCCCO1. The van der Waals surface area contributed by atoms with E-state index in [2.05, 4.69) is 0 Å². The van der Waals surface area contributed by atoms with E-state index in [9.17, 15) is 4.79 Å². The molecule has 3 heteroatoms. The summed E-state index contributed by atoms with van der Waals surface area (Å²) in [5.41, 5.74) is 0. The molecule has 1 aliphatic heterocycles. The Morgan fingerprint density at radius 3 is 3.18 bits per heavy atom. The Labute approximate surface area is 66.0 Å². The van der Waals surface area contributed by atoms with Crippen LogP contribution in [0.3, 0.4) is 0 Å². The lowest BCUT2D eigenvalue weighted by molar-refractivity contribution is -0.141. The third-order valence-electron chi connectivity index (χ3n) is 1.43. The quantitative estimate of drug-likeness (QED) is 0.564. The van der Waals surface area contributed by atoms with Crippen LogP contribution in [0.25, 0.3) is 0 Å². The maximum atomic E-state index is 10.4. The first-order chi connectivity index (χ1) is 5.29. The molecule has 0 saturated heterocycles. The van der Waals surface area contributed by atoms with Gasteiger partial charge in [0.05, 0.1) is 6.61 Å². The van der Waals surface area contributed by atoms with Gasteiger partial charge in [-0.25, -0.2) is 0 Å². The van der Waals surface area contributed by atoms with Crippen LogP contribution in [0, 0.1) is 0 Å². The zero-order valence-electron chi connectivity index (χ0n) is 6.63. The van der Waals surface area contributed by atoms with Crippen LogP contribution in [0.5, 0.6) is 0 Å². The topological polar surface area (TPSA) is 35.5 Å². The highest BCUT2D eigenvalue weighted by Gasteiger charge is 2.04. The van der Waals surface area contributed by atoms with Crippen molar-refractivity contribution in [1.29, 1.82) is 0 Å². The molecule has 0 saturated carbocycles. The van der Waals surface area contributed by atoms with Gasteiger partial charge in [0.25, 0.3) is 0 Å². The second-order valence-corrected chi connectivity index (χ2v) is 2.44. The molecule has 0 aromatic heterocycles. The number of esters is 1. The first kappa shape index (κ1) is 8.11. The Morgan fingerprint density at radius 2 is 2.64 bits per heavy atom. The molecule has 0 amide bonds. The van der Waals surface area contributed by atoms with E-state index in [1.807, 2.05) is 6.08 Å². The van der Waals surface area contributed by atoms with Crippen molar-refractivity contribution in [3.63, 3.8) is 0 Å². The molecule has 0 aliphatic carbocycles. The lowest BCUT2D eigenvalue weighted by Gasteiger charge is -2.13. The van der Waals surface area contributed by atoms with Gasteiger partial charge < -0.3 is 9.47 Å². The van der Waals surface area contributed by atoms with Gasteiger partial charge in [0, 0.05) is 6.92 Å². The zero-order valence-corrected chi connectivity index (χ0v) is 6.63. The van der Waals surface area contributed by atoms with Crippen LogP contribution in [-0.2, 0) is 14.3 Å². The van der Waals surface area contributed by atoms with Gasteiger partial charge in [0.2, 0.25) is 0 Å². The molecule has 1 aliphatic rings. The van der Waals surface area contributed by atoms with E-state index < -0.39 is 0 Å². The predicted octanol–water partition coefficient (Wildman–Crippen LogP) is 1.24. The highest BCUT2D eigenvalue weighted by molar-refractivity contribution is 5.66. The molecular formula is C8H12O3. The third kappa shape index (κ3) is 3.07. The first-order valence-corrected chi connectivity index (χ1v) is 3.74. The lowest BCUT2D eigenvalue weighted by Crippen LogP contribution is -2.09. The van der Waals surface area contributed by atoms with Crippen molar-refractivity contribution < 1.29 is 14.3 Å². The van der Waals surface area contributed by atoms with Crippen molar-refractivity contribution in [2.75, 3.05) is 13.2 Å². The summed E-state index contributed by atoms with van der Waals surface area (Å²) in [6, 6.07) is 0. The fourth-order valence-corrected chi connectivity index (χ4v) is 0.882. The number of rotatable bonds is 2. The van der Waals surface area contributed by atoms with E-state index in [-0.39, 0.29) is 12.6 Å². The van der Waals surface area contributed by atoms with Gasteiger partial charge in [-0.15, -0.1) is 0 Å². The van der Waals surface area contributed by atoms with Gasteiger partial charge in [-0.1, -0.05) is 0 Å². The standard InChI is InChI=1S/C8H12O3/c1-7(9)11-6-8-4-2-3-5-10-8/h4H,2-3,5-6H2,1H3. The lowest BCUT2D eigenvalue weighted by atomic mass is 10.2. The zero-order chi connectivity index (χ0) is 8.10. The second-order valence-electron chi connectivity index (χ2n) is 2.44. The fourth-order valence-electron chi connectivity index (χ4n) is 0.882. The maximum Gasteiger partial charge on any atom is 0.303 e. The fraction of sp³-hybridized carbons (Fsp3) is 0.625. The van der Waals surface area contributed by atoms with E-state index >= 15 is 0 Å². The molecule has 1 heterocycles. The molecule has 0 spiro atoms. The van der Waals surface area contributed by atoms with Gasteiger partial charge >= 0.3 is 5.97 Å². The molecular weight excluding hydrogens is 144 g/mol. The summed E-state index contributed by atoms with van der Waals surface area (Å²) < 4.78 is 9.96. The minimum absolute atomic E-state index is 0.264. The Hall–Kier alpha value is -0.990. The summed E-state index contributed by atoms with van der Waals surface area (Å²) in [5, 5.41) is 0. The highest BCUT2D eigenvalue weighted by Crippen LogP contribution is 2.09. The molecule has 62 valence electrons. The highest BCUT2D eigenvalue weighted by atomic mass is 16.6. The molecule has 0 bridgehead atoms. The molecule has 0 unspecified atom stereocenters. The van der Waals surface area contributed by atoms with Crippen LogP contribution in [0.15, 0.2) is 11.8 Å². The largest absolute Gasteiger partial charge is 0.495 e. The number of allylic oxidation sites excluding steroid dienone is 1. The Kier molecular flexibility index (Phi) is 2.95. The van der Waals surface area contributed by atoms with Crippen molar-refractivity contribution in [2.24, 2.45) is 0 Å². The van der Waals surface area contributed by atoms with Crippen LogP contribution >= 0.6 is 0 Å². The summed E-state index contributed by atoms with van der Waals surface area (Å²) in [6.45, 7) is 2.42. The van der Waals surface area contributed by atoms with E-state index in [0.29, 0.717) is 0 Å². The molecule has 0 N–H and O–H groups in total. The maximum absolute atomic E-state index is 10.4. The van der Waals surface area contributed by atoms with Gasteiger partial charge in [0.1, 0.15) is 12.4 Å². The van der Waals surface area contributed by atoms with E-state index in [1.165, 1.54) is 6.92 Å². The van der Waals surface area contributed by atoms with Crippen molar-refractivity contribution in [3.05, 3.63) is 11.8 Å². The van der Waals surface area contributed by atoms with Crippen LogP contribution in [0.1, 0.15) is 19.8 Å². The molecule has 0 aromatic rings. The monoisotopic (exact) mass is 156 g/mol. The average Bonchev–Trinajstić information content (AvgIpc) is 2.03. The first-order valence-electron chi connectivity index (χ1n) is 3.74. The predicted molar refractivity (Wildman–Crippen MR) is 39.9 cm³/mol. The molecule has 11 heavy (non-hydrogen) atoms. The molecule has 0 fully saturated rings. The summed E-state index contributed by atoms with van der Waals surface area (Å²) in [4.78, 5) is 10.4. The van der Waals surface area contributed by atoms with Gasteiger partial charge in [-0.05, 0) is 18.9 Å². The van der Waals surface area contributed by atoms with Crippen LogP contribution in [0.4, 0.5) is 0 Å². The van der Waals surface area contributed by atoms with Crippen molar-refractivity contribution in [1.82, 2.24) is 0 Å². The Morgan fingerprint density at radius 1 is 1.82 bits per heavy atom. The Bertz CT molecular complexity index is 172. The molecule has 0 radical (unpaired) electrons. The second kappa shape index (κ2) is 4.01. The van der Waals surface area contributed by atoms with Crippen molar-refractivity contribution >= 4 is 5.97 Å². The summed E-state index contributed by atoms with van der Waals surface area (Å²) in [6.07, 6.45) is 4.05. The number of carbonyl (C=O) groups is 1. The van der Waals surface area contributed by atoms with Crippen LogP contribution in [-0.4, -0.2) is 19.2 Å². The van der Waals surface area contributed by atoms with Gasteiger partial charge in [-0.3, -0.25) is 4.79 Å². The number of hydrogen-bond acceptors (Lipinski definition) is 3. The molecule has 0 atom stereocenters. The number of carbonyl (C=O) groups excluding carboxylic acids is 1. The van der Waals surface area contributed by atoms with Crippen LogP contribution < -0.4 is 0 Å². The molecule has 0 aromatic carbocycles. The summed E-state index contributed by atoms with van der Waals surface area (Å²) in [5.74, 6) is 0.520. The smallest absolute Gasteiger partial charge is 0.303 e. The van der Waals surface area contributed by atoms with Gasteiger partial charge in [-0.2, -0.15) is 0 Å². The molecule has 3 nitrogen and oxygen atoms in total. The minimum Gasteiger partial charge on any atom is -0.495 e. The normalized spacial score (nSPS) is 16.6. The summed E-state index contributed by atoms with van der Waals surface area (Å²) >= 11 is 0. The van der Waals surface area contributed by atoms with E-state index in [0.717, 1.165) is 25.2 Å². The average molecular weight is 156 g/mol. The Balaban J connectivity index is 2.24. The van der Waals surface area contributed by atoms with Crippen molar-refractivity contribution in [2.45, 2.75) is 19.8 Å². The minimum atomic E-state index is -0.264. The number of hydrogen-bond donors (Lipinski definition) is 0. The van der Waals surface area contributed by atoms with Gasteiger partial charge in [0.15, 0.2) is 0 Å². The third-order valence-corrected chi connectivity index (χ3v) is 1.43. The van der Waals surface area contributed by atoms with Crippen molar-refractivity contribution in [3.8, 4) is 0 Å². The van der Waals surface area contributed by atoms with Crippen LogP contribution in [0.2, 0.25) is 0 Å². The number of ether oxygens (including phenoxy) is 2. The summed E-state index contributed by atoms with van der Waals surface area (Å²) in [7, 11) is 0. The molecule has 1 rings (SSSR count). The van der Waals surface area contributed by atoms with E-state index in [1.54, 1.807) is 0 Å². The van der Waals surface area contributed by atoms with E-state index in [4.69, 9.17) is 9.47 Å².